The maximum atomic E-state index is 5.75. The number of benzene rings is 1. The van der Waals surface area contributed by atoms with Crippen LogP contribution in [0.3, 0.4) is 0 Å². The first-order valence-corrected chi connectivity index (χ1v) is 4.59. The summed E-state index contributed by atoms with van der Waals surface area (Å²) in [6.07, 6.45) is 1.69. The molecular weight excluding hydrogens is 176 g/mol. The van der Waals surface area contributed by atoms with Crippen LogP contribution in [0, 0.1) is 0 Å². The molecule has 0 amide bonds. The van der Waals surface area contributed by atoms with E-state index >= 15 is 0 Å². The minimum absolute atomic E-state index is 0.545. The van der Waals surface area contributed by atoms with Crippen molar-refractivity contribution in [2.75, 3.05) is 12.3 Å². The van der Waals surface area contributed by atoms with Gasteiger partial charge in [-0.15, -0.1) is 0 Å². The van der Waals surface area contributed by atoms with Crippen LogP contribution in [-0.2, 0) is 0 Å². The maximum Gasteiger partial charge on any atom is 0.131 e. The molecular formula is C11H12N2O. The van der Waals surface area contributed by atoms with Gasteiger partial charge in [0, 0.05) is 17.0 Å². The number of nitrogens with two attached hydrogens (primary N) is 1. The summed E-state index contributed by atoms with van der Waals surface area (Å²) in [5, 5.41) is 1.96. The van der Waals surface area contributed by atoms with Gasteiger partial charge in [0.2, 0.25) is 0 Å². The van der Waals surface area contributed by atoms with E-state index in [1.165, 1.54) is 0 Å². The molecule has 2 rings (SSSR count). The van der Waals surface area contributed by atoms with Crippen molar-refractivity contribution < 1.29 is 4.74 Å². The molecule has 0 fully saturated rings. The summed E-state index contributed by atoms with van der Waals surface area (Å²) in [6.45, 7) is 2.62. The van der Waals surface area contributed by atoms with Crippen molar-refractivity contribution >= 4 is 16.6 Å². The standard InChI is InChI=1S/C11H12N2O/c1-2-14-10-5-3-4-9-8(10)6-7-13-11(9)12/h3-7H,2H2,1H3,(H2,12,13). The molecule has 3 nitrogen and oxygen atoms in total. The van der Waals surface area contributed by atoms with E-state index in [9.17, 15) is 0 Å². The normalized spacial score (nSPS) is 10.4. The van der Waals surface area contributed by atoms with Gasteiger partial charge in [-0.3, -0.25) is 0 Å². The van der Waals surface area contributed by atoms with E-state index in [1.54, 1.807) is 6.20 Å². The molecule has 72 valence electrons. The fourth-order valence-corrected chi connectivity index (χ4v) is 1.48. The molecule has 0 radical (unpaired) electrons. The number of aromatic nitrogens is 1. The van der Waals surface area contributed by atoms with Gasteiger partial charge in [0.25, 0.3) is 0 Å². The number of hydrogen-bond donors (Lipinski definition) is 1. The van der Waals surface area contributed by atoms with Crippen LogP contribution >= 0.6 is 0 Å². The summed E-state index contributed by atoms with van der Waals surface area (Å²) in [6, 6.07) is 7.72. The second-order valence-corrected chi connectivity index (χ2v) is 2.98. The first-order valence-electron chi connectivity index (χ1n) is 4.59. The van der Waals surface area contributed by atoms with E-state index in [1.807, 2.05) is 31.2 Å². The largest absolute Gasteiger partial charge is 0.493 e. The van der Waals surface area contributed by atoms with Gasteiger partial charge >= 0.3 is 0 Å². The number of anilines is 1. The zero-order valence-corrected chi connectivity index (χ0v) is 8.03. The highest BCUT2D eigenvalue weighted by Crippen LogP contribution is 2.27. The third-order valence-corrected chi connectivity index (χ3v) is 2.10. The van der Waals surface area contributed by atoms with E-state index in [0.29, 0.717) is 12.4 Å². The lowest BCUT2D eigenvalue weighted by molar-refractivity contribution is 0.344. The molecule has 0 aliphatic carbocycles. The fraction of sp³-hybridized carbons (Fsp3) is 0.182. The first-order chi connectivity index (χ1) is 6.83. The topological polar surface area (TPSA) is 48.1 Å². The van der Waals surface area contributed by atoms with E-state index in [4.69, 9.17) is 10.5 Å². The molecule has 0 atom stereocenters. The lowest BCUT2D eigenvalue weighted by Gasteiger charge is -2.07. The maximum absolute atomic E-state index is 5.75. The Morgan fingerprint density at radius 2 is 2.14 bits per heavy atom. The van der Waals surface area contributed by atoms with E-state index < -0.39 is 0 Å². The van der Waals surface area contributed by atoms with Crippen molar-refractivity contribution in [1.82, 2.24) is 4.98 Å². The SMILES string of the molecule is CCOc1cccc2c(N)nccc12. The number of fused-ring (bicyclic) bond motifs is 1. The lowest BCUT2D eigenvalue weighted by Crippen LogP contribution is -1.95. The van der Waals surface area contributed by atoms with E-state index in [-0.39, 0.29) is 0 Å². The monoisotopic (exact) mass is 188 g/mol. The third-order valence-electron chi connectivity index (χ3n) is 2.10. The van der Waals surface area contributed by atoms with Crippen molar-refractivity contribution in [2.24, 2.45) is 0 Å². The summed E-state index contributed by atoms with van der Waals surface area (Å²) in [5.74, 6) is 1.41. The molecule has 0 spiro atoms. The average molecular weight is 188 g/mol. The number of hydrogen-bond acceptors (Lipinski definition) is 3. The molecule has 0 aliphatic heterocycles. The Balaban J connectivity index is 2.68. The van der Waals surface area contributed by atoms with Gasteiger partial charge in [-0.1, -0.05) is 12.1 Å². The van der Waals surface area contributed by atoms with Crippen LogP contribution in [0.4, 0.5) is 5.82 Å². The quantitative estimate of drug-likeness (QED) is 0.786. The molecule has 2 aromatic rings. The molecule has 0 saturated heterocycles. The Morgan fingerprint density at radius 1 is 1.29 bits per heavy atom. The summed E-state index contributed by atoms with van der Waals surface area (Å²) in [7, 11) is 0. The van der Waals surface area contributed by atoms with Crippen LogP contribution in [0.1, 0.15) is 6.92 Å². The van der Waals surface area contributed by atoms with Crippen molar-refractivity contribution in [3.63, 3.8) is 0 Å². The van der Waals surface area contributed by atoms with Gasteiger partial charge in [0.15, 0.2) is 0 Å². The molecule has 0 aliphatic rings. The van der Waals surface area contributed by atoms with Crippen molar-refractivity contribution in [3.8, 4) is 5.75 Å². The second kappa shape index (κ2) is 3.54. The number of nitrogens with zero attached hydrogens (tertiary/aromatic N) is 1. The highest BCUT2D eigenvalue weighted by atomic mass is 16.5. The van der Waals surface area contributed by atoms with Gasteiger partial charge in [-0.2, -0.15) is 0 Å². The van der Waals surface area contributed by atoms with Crippen LogP contribution in [0.15, 0.2) is 30.5 Å². The Kier molecular flexibility index (Phi) is 2.23. The van der Waals surface area contributed by atoms with E-state index in [2.05, 4.69) is 4.98 Å². The predicted octanol–water partition coefficient (Wildman–Crippen LogP) is 2.22. The van der Waals surface area contributed by atoms with Crippen molar-refractivity contribution in [3.05, 3.63) is 30.5 Å². The fourth-order valence-electron chi connectivity index (χ4n) is 1.48. The number of ether oxygens (including phenoxy) is 1. The van der Waals surface area contributed by atoms with Crippen molar-refractivity contribution in [1.29, 1.82) is 0 Å². The van der Waals surface area contributed by atoms with Gasteiger partial charge < -0.3 is 10.5 Å². The van der Waals surface area contributed by atoms with Crippen molar-refractivity contribution in [2.45, 2.75) is 6.92 Å². The molecule has 3 heteroatoms. The van der Waals surface area contributed by atoms with Crippen LogP contribution in [0.25, 0.3) is 10.8 Å². The van der Waals surface area contributed by atoms with Gasteiger partial charge in [0.1, 0.15) is 11.6 Å². The van der Waals surface area contributed by atoms with Gasteiger partial charge in [-0.25, -0.2) is 4.98 Å². The highest BCUT2D eigenvalue weighted by Gasteiger charge is 2.03. The minimum Gasteiger partial charge on any atom is -0.493 e. The molecule has 1 aromatic heterocycles. The number of pyridine rings is 1. The lowest BCUT2D eigenvalue weighted by atomic mass is 10.1. The summed E-state index contributed by atoms with van der Waals surface area (Å²) < 4.78 is 5.49. The summed E-state index contributed by atoms with van der Waals surface area (Å²) in [4.78, 5) is 4.03. The molecule has 0 bridgehead atoms. The molecule has 2 N–H and O–H groups in total. The highest BCUT2D eigenvalue weighted by molar-refractivity contribution is 5.94. The third kappa shape index (κ3) is 1.37. The number of nitrogen functional groups attached to an aromatic ring is 1. The second-order valence-electron chi connectivity index (χ2n) is 2.98. The zero-order chi connectivity index (χ0) is 9.97. The van der Waals surface area contributed by atoms with Crippen LogP contribution in [0.5, 0.6) is 5.75 Å². The van der Waals surface area contributed by atoms with Crippen LogP contribution in [-0.4, -0.2) is 11.6 Å². The Morgan fingerprint density at radius 3 is 2.93 bits per heavy atom. The van der Waals surface area contributed by atoms with E-state index in [0.717, 1.165) is 16.5 Å². The molecule has 1 heterocycles. The molecule has 14 heavy (non-hydrogen) atoms. The molecule has 0 saturated carbocycles. The van der Waals surface area contributed by atoms with Crippen LogP contribution in [0.2, 0.25) is 0 Å². The predicted molar refractivity (Wildman–Crippen MR) is 57.3 cm³/mol. The zero-order valence-electron chi connectivity index (χ0n) is 8.03. The molecule has 1 aromatic carbocycles. The van der Waals surface area contributed by atoms with Gasteiger partial charge in [0.05, 0.1) is 6.61 Å². The Hall–Kier alpha value is -1.77. The molecule has 0 unspecified atom stereocenters. The average Bonchev–Trinajstić information content (AvgIpc) is 2.20. The van der Waals surface area contributed by atoms with Crippen LogP contribution < -0.4 is 10.5 Å². The first kappa shape index (κ1) is 8.81. The van der Waals surface area contributed by atoms with Gasteiger partial charge in [-0.05, 0) is 19.1 Å². The summed E-state index contributed by atoms with van der Waals surface area (Å²) in [5.41, 5.74) is 5.75. The summed E-state index contributed by atoms with van der Waals surface area (Å²) >= 11 is 0. The smallest absolute Gasteiger partial charge is 0.131 e. The Bertz CT molecular complexity index is 454. The minimum atomic E-state index is 0.545. The Labute approximate surface area is 82.5 Å². The number of rotatable bonds is 2.